The first-order chi connectivity index (χ1) is 15.1. The molecule has 1 amide bonds. The monoisotopic (exact) mass is 418 g/mol. The van der Waals surface area contributed by atoms with Gasteiger partial charge in [-0.25, -0.2) is 0 Å². The molecule has 0 bridgehead atoms. The van der Waals surface area contributed by atoms with Crippen molar-refractivity contribution in [2.45, 2.75) is 33.5 Å². The molecule has 4 rings (SSSR count). The molecule has 0 radical (unpaired) electrons. The molecule has 1 fully saturated rings. The number of rotatable bonds is 7. The Kier molecular flexibility index (Phi) is 6.79. The second kappa shape index (κ2) is 9.90. The van der Waals surface area contributed by atoms with Crippen LogP contribution < -0.4 is 5.32 Å². The van der Waals surface area contributed by atoms with E-state index in [0.717, 1.165) is 55.4 Å². The van der Waals surface area contributed by atoms with Crippen molar-refractivity contribution in [1.82, 2.24) is 20.0 Å². The summed E-state index contributed by atoms with van der Waals surface area (Å²) in [6, 6.07) is 18.3. The van der Waals surface area contributed by atoms with Crippen molar-refractivity contribution in [3.05, 3.63) is 88.2 Å². The van der Waals surface area contributed by atoms with Crippen LogP contribution in [-0.2, 0) is 24.4 Å². The number of benzene rings is 2. The maximum Gasteiger partial charge on any atom is 0.251 e. The highest BCUT2D eigenvalue weighted by Gasteiger charge is 2.11. The number of nitrogens with zero attached hydrogens (tertiary/aromatic N) is 3. The normalized spacial score (nSPS) is 14.5. The summed E-state index contributed by atoms with van der Waals surface area (Å²) in [5.41, 5.74) is 6.33. The van der Waals surface area contributed by atoms with E-state index in [4.69, 9.17) is 4.74 Å². The SMILES string of the molecule is Cc1cc(C)n(Cc2ccc(C(=O)NCc3ccc(CN4CCOCC4)cc3)cc2)n1. The summed E-state index contributed by atoms with van der Waals surface area (Å²) in [5, 5.41) is 7.51. The first-order valence-corrected chi connectivity index (χ1v) is 10.8. The Hall–Kier alpha value is -2.96. The van der Waals surface area contributed by atoms with E-state index in [1.165, 1.54) is 5.56 Å². The van der Waals surface area contributed by atoms with Crippen LogP contribution in [0.1, 0.15) is 38.4 Å². The summed E-state index contributed by atoms with van der Waals surface area (Å²) in [7, 11) is 0. The van der Waals surface area contributed by atoms with Crippen LogP contribution >= 0.6 is 0 Å². The molecule has 0 atom stereocenters. The van der Waals surface area contributed by atoms with Crippen LogP contribution in [0, 0.1) is 13.8 Å². The van der Waals surface area contributed by atoms with Crippen molar-refractivity contribution >= 4 is 5.91 Å². The second-order valence-electron chi connectivity index (χ2n) is 8.17. The van der Waals surface area contributed by atoms with Crippen LogP contribution in [0.4, 0.5) is 0 Å². The smallest absolute Gasteiger partial charge is 0.251 e. The largest absolute Gasteiger partial charge is 0.379 e. The van der Waals surface area contributed by atoms with Gasteiger partial charge in [0.2, 0.25) is 0 Å². The van der Waals surface area contributed by atoms with Crippen LogP contribution in [0.5, 0.6) is 0 Å². The number of aromatic nitrogens is 2. The highest BCUT2D eigenvalue weighted by molar-refractivity contribution is 5.94. The minimum absolute atomic E-state index is 0.0601. The van der Waals surface area contributed by atoms with Crippen molar-refractivity contribution < 1.29 is 9.53 Å². The fraction of sp³-hybridized carbons (Fsp3) is 0.360. The first-order valence-electron chi connectivity index (χ1n) is 10.8. The van der Waals surface area contributed by atoms with E-state index < -0.39 is 0 Å². The topological polar surface area (TPSA) is 59.4 Å². The molecule has 1 aliphatic rings. The minimum atomic E-state index is -0.0601. The molecule has 1 aliphatic heterocycles. The van der Waals surface area contributed by atoms with Crippen molar-refractivity contribution in [3.8, 4) is 0 Å². The molecule has 3 aromatic rings. The third-order valence-electron chi connectivity index (χ3n) is 5.64. The lowest BCUT2D eigenvalue weighted by atomic mass is 10.1. The summed E-state index contributed by atoms with van der Waals surface area (Å²) in [6.45, 7) is 9.81. The van der Waals surface area contributed by atoms with Crippen LogP contribution in [0.15, 0.2) is 54.6 Å². The molecule has 0 saturated carbocycles. The van der Waals surface area contributed by atoms with Gasteiger partial charge in [-0.05, 0) is 48.7 Å². The number of hydrogen-bond donors (Lipinski definition) is 1. The Morgan fingerprint density at radius 3 is 2.19 bits per heavy atom. The van der Waals surface area contributed by atoms with E-state index in [2.05, 4.69) is 52.6 Å². The van der Waals surface area contributed by atoms with E-state index in [1.807, 2.05) is 35.9 Å². The van der Waals surface area contributed by atoms with Gasteiger partial charge in [0.15, 0.2) is 0 Å². The Balaban J connectivity index is 1.27. The molecule has 0 unspecified atom stereocenters. The van der Waals surface area contributed by atoms with E-state index in [1.54, 1.807) is 0 Å². The maximum absolute atomic E-state index is 12.5. The van der Waals surface area contributed by atoms with Crippen molar-refractivity contribution in [2.75, 3.05) is 26.3 Å². The predicted octanol–water partition coefficient (Wildman–Crippen LogP) is 3.31. The highest BCUT2D eigenvalue weighted by Crippen LogP contribution is 2.11. The molecule has 6 heteroatoms. The predicted molar refractivity (Wildman–Crippen MR) is 121 cm³/mol. The lowest BCUT2D eigenvalue weighted by Crippen LogP contribution is -2.35. The number of aryl methyl sites for hydroxylation is 2. The van der Waals surface area contributed by atoms with E-state index in [9.17, 15) is 4.79 Å². The van der Waals surface area contributed by atoms with Gasteiger partial charge >= 0.3 is 0 Å². The zero-order valence-corrected chi connectivity index (χ0v) is 18.3. The molecule has 31 heavy (non-hydrogen) atoms. The van der Waals surface area contributed by atoms with Gasteiger partial charge in [-0.3, -0.25) is 14.4 Å². The lowest BCUT2D eigenvalue weighted by Gasteiger charge is -2.26. The number of carbonyl (C=O) groups excluding carboxylic acids is 1. The highest BCUT2D eigenvalue weighted by atomic mass is 16.5. The minimum Gasteiger partial charge on any atom is -0.379 e. The molecule has 2 heterocycles. The van der Waals surface area contributed by atoms with E-state index >= 15 is 0 Å². The van der Waals surface area contributed by atoms with Crippen molar-refractivity contribution in [2.24, 2.45) is 0 Å². The first kappa shape index (κ1) is 21.3. The summed E-state index contributed by atoms with van der Waals surface area (Å²) in [5.74, 6) is -0.0601. The summed E-state index contributed by atoms with van der Waals surface area (Å²) >= 11 is 0. The molecule has 1 aromatic heterocycles. The Labute approximate surface area is 183 Å². The molecule has 0 aliphatic carbocycles. The van der Waals surface area contributed by atoms with Gasteiger partial charge in [-0.2, -0.15) is 5.10 Å². The van der Waals surface area contributed by atoms with Gasteiger partial charge in [-0.1, -0.05) is 36.4 Å². The number of carbonyl (C=O) groups is 1. The number of morpholine rings is 1. The number of ether oxygens (including phenoxy) is 1. The van der Waals surface area contributed by atoms with E-state index in [0.29, 0.717) is 18.7 Å². The quantitative estimate of drug-likeness (QED) is 0.640. The second-order valence-corrected chi connectivity index (χ2v) is 8.17. The molecule has 6 nitrogen and oxygen atoms in total. The fourth-order valence-electron chi connectivity index (χ4n) is 3.83. The molecular weight excluding hydrogens is 388 g/mol. The van der Waals surface area contributed by atoms with Gasteiger partial charge in [0.05, 0.1) is 25.5 Å². The average molecular weight is 419 g/mol. The molecule has 1 saturated heterocycles. The van der Waals surface area contributed by atoms with Gasteiger partial charge in [0.1, 0.15) is 0 Å². The zero-order valence-electron chi connectivity index (χ0n) is 18.3. The van der Waals surface area contributed by atoms with Gasteiger partial charge in [-0.15, -0.1) is 0 Å². The number of hydrogen-bond acceptors (Lipinski definition) is 4. The molecule has 162 valence electrons. The maximum atomic E-state index is 12.5. The van der Waals surface area contributed by atoms with Gasteiger partial charge < -0.3 is 10.1 Å². The Morgan fingerprint density at radius 2 is 1.55 bits per heavy atom. The van der Waals surface area contributed by atoms with Crippen LogP contribution in [0.3, 0.4) is 0 Å². The van der Waals surface area contributed by atoms with Crippen molar-refractivity contribution in [3.63, 3.8) is 0 Å². The van der Waals surface area contributed by atoms with Crippen LogP contribution in [-0.4, -0.2) is 46.9 Å². The zero-order chi connectivity index (χ0) is 21.6. The summed E-state index contributed by atoms with van der Waals surface area (Å²) in [4.78, 5) is 14.9. The van der Waals surface area contributed by atoms with E-state index in [-0.39, 0.29) is 5.91 Å². The third kappa shape index (κ3) is 5.81. The Morgan fingerprint density at radius 1 is 0.935 bits per heavy atom. The van der Waals surface area contributed by atoms with Crippen molar-refractivity contribution in [1.29, 1.82) is 0 Å². The lowest BCUT2D eigenvalue weighted by molar-refractivity contribution is 0.0342. The fourth-order valence-corrected chi connectivity index (χ4v) is 3.83. The number of nitrogens with one attached hydrogen (secondary N) is 1. The number of amides is 1. The summed E-state index contributed by atoms with van der Waals surface area (Å²) in [6.07, 6.45) is 0. The molecule has 1 N–H and O–H groups in total. The van der Waals surface area contributed by atoms with Gasteiger partial charge in [0, 0.05) is 37.4 Å². The molecule has 2 aromatic carbocycles. The average Bonchev–Trinajstić information content (AvgIpc) is 3.10. The molecule has 0 spiro atoms. The van der Waals surface area contributed by atoms with Crippen LogP contribution in [0.25, 0.3) is 0 Å². The van der Waals surface area contributed by atoms with Gasteiger partial charge in [0.25, 0.3) is 5.91 Å². The standard InChI is InChI=1S/C25H30N4O2/c1-19-15-20(2)29(27-19)18-23-7-9-24(10-8-23)25(30)26-16-21-3-5-22(6-4-21)17-28-11-13-31-14-12-28/h3-10,15H,11-14,16-18H2,1-2H3,(H,26,30). The molecular formula is C25H30N4O2. The Bertz CT molecular complexity index is 1000. The van der Waals surface area contributed by atoms with Crippen LogP contribution in [0.2, 0.25) is 0 Å². The summed E-state index contributed by atoms with van der Waals surface area (Å²) < 4.78 is 7.38. The third-order valence-corrected chi connectivity index (χ3v) is 5.64.